The van der Waals surface area contributed by atoms with Gasteiger partial charge in [0.05, 0.1) is 5.97 Å². The van der Waals surface area contributed by atoms with Crippen LogP contribution in [0.4, 0.5) is 0 Å². The number of rotatable bonds is 2. The van der Waals surface area contributed by atoms with Crippen LogP contribution in [0.15, 0.2) is 12.2 Å². The van der Waals surface area contributed by atoms with E-state index in [0.29, 0.717) is 12.2 Å². The van der Waals surface area contributed by atoms with Crippen LogP contribution in [0.5, 0.6) is 0 Å². The topological polar surface area (TPSA) is 112 Å². The van der Waals surface area contributed by atoms with Crippen molar-refractivity contribution in [3.05, 3.63) is 12.2 Å². The van der Waals surface area contributed by atoms with Crippen LogP contribution in [0.3, 0.4) is 0 Å². The zero-order chi connectivity index (χ0) is 6.57. The Bertz CT molecular complexity index is 128. The van der Waals surface area contributed by atoms with Gasteiger partial charge in [0.1, 0.15) is 0 Å². The number of carbonyl (C=O) groups excluding carboxylic acids is 1. The number of aliphatic carboxylic acids is 2. The monoisotopic (exact) mass is 155 g/mol. The van der Waals surface area contributed by atoms with Crippen LogP contribution < -0.4 is 40.8 Å². The minimum Gasteiger partial charge on any atom is -0.545 e. The second-order valence-electron chi connectivity index (χ2n) is 0.991. The molecule has 0 aromatic carbocycles. The van der Waals surface area contributed by atoms with Crippen LogP contribution in [0.25, 0.3) is 0 Å². The standard InChI is InChI=1S/C4H4O4.H3N.Na/c5-3(6)1-2-4(7)8;;/h1-2H,(H,5,6)(H,7,8);1H3;/q;;+1/p-1/b2-1-;;. The van der Waals surface area contributed by atoms with Crippen molar-refractivity contribution in [2.75, 3.05) is 0 Å². The summed E-state index contributed by atoms with van der Waals surface area (Å²) in [5, 5.41) is 17.2. The Kier molecular flexibility index (Phi) is 14.1. The summed E-state index contributed by atoms with van der Waals surface area (Å²) in [6, 6.07) is 0. The molecule has 0 atom stereocenters. The molecule has 0 radical (unpaired) electrons. The van der Waals surface area contributed by atoms with E-state index < -0.39 is 11.9 Å². The van der Waals surface area contributed by atoms with E-state index in [2.05, 4.69) is 0 Å². The van der Waals surface area contributed by atoms with Gasteiger partial charge < -0.3 is 21.2 Å². The molecule has 10 heavy (non-hydrogen) atoms. The maximum absolute atomic E-state index is 9.53. The average Bonchev–Trinajstić information content (AvgIpc) is 1.61. The molecular formula is C4H6NNaO4. The predicted octanol–water partition coefficient (Wildman–Crippen LogP) is -4.46. The average molecular weight is 155 g/mol. The Hall–Kier alpha value is -0.360. The van der Waals surface area contributed by atoms with E-state index in [1.807, 2.05) is 0 Å². The number of carbonyl (C=O) groups is 2. The van der Waals surface area contributed by atoms with Gasteiger partial charge >= 0.3 is 35.5 Å². The van der Waals surface area contributed by atoms with Crippen LogP contribution >= 0.6 is 0 Å². The van der Waals surface area contributed by atoms with Crippen LogP contribution in [-0.2, 0) is 9.59 Å². The van der Waals surface area contributed by atoms with E-state index in [1.165, 1.54) is 0 Å². The van der Waals surface area contributed by atoms with Crippen molar-refractivity contribution in [2.45, 2.75) is 0 Å². The largest absolute Gasteiger partial charge is 1.00 e. The number of hydrogen-bond acceptors (Lipinski definition) is 4. The smallest absolute Gasteiger partial charge is 0.545 e. The van der Waals surface area contributed by atoms with Gasteiger partial charge in [0, 0.05) is 6.08 Å². The third kappa shape index (κ3) is 15.6. The summed E-state index contributed by atoms with van der Waals surface area (Å²) in [5.74, 6) is -2.80. The van der Waals surface area contributed by atoms with Crippen molar-refractivity contribution in [2.24, 2.45) is 0 Å². The van der Waals surface area contributed by atoms with Crippen LogP contribution in [0.2, 0.25) is 0 Å². The van der Waals surface area contributed by atoms with Gasteiger partial charge in [-0.15, -0.1) is 0 Å². The first-order valence-corrected chi connectivity index (χ1v) is 1.75. The minimum atomic E-state index is -1.51. The van der Waals surface area contributed by atoms with Gasteiger partial charge in [-0.05, 0) is 6.08 Å². The molecule has 0 amide bonds. The molecule has 0 spiro atoms. The first kappa shape index (κ1) is 16.3. The molecule has 0 rings (SSSR count). The second-order valence-corrected chi connectivity index (χ2v) is 0.991. The Morgan fingerprint density at radius 1 is 1.30 bits per heavy atom. The SMILES string of the molecule is N.O=C([O-])/C=C\C(=O)O.[Na+]. The fourth-order valence-electron chi connectivity index (χ4n) is 0.139. The summed E-state index contributed by atoms with van der Waals surface area (Å²) < 4.78 is 0. The van der Waals surface area contributed by atoms with Gasteiger partial charge in [-0.3, -0.25) is 0 Å². The first-order chi connectivity index (χ1) is 3.63. The van der Waals surface area contributed by atoms with Gasteiger partial charge in [0.2, 0.25) is 0 Å². The number of carboxylic acid groups (broad SMARTS) is 2. The third-order valence-electron chi connectivity index (χ3n) is 0.362. The molecule has 0 fully saturated rings. The van der Waals surface area contributed by atoms with E-state index in [-0.39, 0.29) is 35.7 Å². The van der Waals surface area contributed by atoms with Crippen molar-refractivity contribution >= 4 is 11.9 Å². The van der Waals surface area contributed by atoms with Gasteiger partial charge in [-0.2, -0.15) is 0 Å². The van der Waals surface area contributed by atoms with E-state index >= 15 is 0 Å². The fraction of sp³-hybridized carbons (Fsp3) is 0. The molecule has 0 saturated heterocycles. The summed E-state index contributed by atoms with van der Waals surface area (Å²) >= 11 is 0. The molecule has 4 N–H and O–H groups in total. The summed E-state index contributed by atoms with van der Waals surface area (Å²) in [4.78, 5) is 19.0. The zero-order valence-corrected chi connectivity index (χ0v) is 7.53. The number of hydrogen-bond donors (Lipinski definition) is 2. The molecule has 5 nitrogen and oxygen atoms in total. The predicted molar refractivity (Wildman–Crippen MR) is 26.8 cm³/mol. The van der Waals surface area contributed by atoms with E-state index in [0.717, 1.165) is 0 Å². The quantitative estimate of drug-likeness (QED) is 0.308. The van der Waals surface area contributed by atoms with E-state index in [9.17, 15) is 14.7 Å². The summed E-state index contributed by atoms with van der Waals surface area (Å²) in [7, 11) is 0. The van der Waals surface area contributed by atoms with Crippen LogP contribution in [-0.4, -0.2) is 17.0 Å². The maximum atomic E-state index is 9.53. The normalized spacial score (nSPS) is 7.60. The van der Waals surface area contributed by atoms with Crippen molar-refractivity contribution in [1.29, 1.82) is 0 Å². The van der Waals surface area contributed by atoms with Crippen LogP contribution in [0.1, 0.15) is 0 Å². The molecule has 0 aliphatic heterocycles. The molecule has 0 aliphatic carbocycles. The van der Waals surface area contributed by atoms with E-state index in [4.69, 9.17) is 5.11 Å². The molecule has 0 aromatic rings. The molecule has 0 heterocycles. The third-order valence-corrected chi connectivity index (χ3v) is 0.362. The Morgan fingerprint density at radius 3 is 1.80 bits per heavy atom. The molecule has 0 unspecified atom stereocenters. The summed E-state index contributed by atoms with van der Waals surface area (Å²) in [6.07, 6.45) is 0.942. The van der Waals surface area contributed by atoms with Crippen LogP contribution in [0, 0.1) is 0 Å². The van der Waals surface area contributed by atoms with Gasteiger partial charge in [-0.1, -0.05) is 0 Å². The van der Waals surface area contributed by atoms with Crippen molar-refractivity contribution in [1.82, 2.24) is 6.15 Å². The molecule has 6 heteroatoms. The molecule has 52 valence electrons. The Labute approximate surface area is 79.6 Å². The molecule has 0 saturated carbocycles. The van der Waals surface area contributed by atoms with Gasteiger partial charge in [0.25, 0.3) is 0 Å². The Balaban J connectivity index is -0.000000245. The second kappa shape index (κ2) is 8.64. The maximum Gasteiger partial charge on any atom is 1.00 e. The zero-order valence-electron chi connectivity index (χ0n) is 5.53. The van der Waals surface area contributed by atoms with E-state index in [1.54, 1.807) is 0 Å². The van der Waals surface area contributed by atoms with Crippen molar-refractivity contribution < 1.29 is 49.4 Å². The summed E-state index contributed by atoms with van der Waals surface area (Å²) in [6.45, 7) is 0. The fourth-order valence-corrected chi connectivity index (χ4v) is 0.139. The number of carboxylic acids is 2. The molecule has 0 bridgehead atoms. The molecule has 0 aromatic heterocycles. The minimum absolute atomic E-state index is 0. The van der Waals surface area contributed by atoms with Gasteiger partial charge in [0.15, 0.2) is 0 Å². The summed E-state index contributed by atoms with van der Waals surface area (Å²) in [5.41, 5.74) is 0. The van der Waals surface area contributed by atoms with Crippen molar-refractivity contribution in [3.8, 4) is 0 Å². The van der Waals surface area contributed by atoms with Crippen molar-refractivity contribution in [3.63, 3.8) is 0 Å². The molecule has 0 aliphatic rings. The van der Waals surface area contributed by atoms with Gasteiger partial charge in [-0.25, -0.2) is 4.79 Å². The molecular weight excluding hydrogens is 149 g/mol. The first-order valence-electron chi connectivity index (χ1n) is 1.75. The Morgan fingerprint density at radius 2 is 1.70 bits per heavy atom.